The highest BCUT2D eigenvalue weighted by Crippen LogP contribution is 2.17. The van der Waals surface area contributed by atoms with Crippen LogP contribution in [0.5, 0.6) is 0 Å². The van der Waals surface area contributed by atoms with E-state index in [2.05, 4.69) is 9.97 Å². The minimum Gasteiger partial charge on any atom is -0.255 e. The van der Waals surface area contributed by atoms with E-state index in [1.807, 2.05) is 6.07 Å². The lowest BCUT2D eigenvalue weighted by Gasteiger charge is -2.00. The fraction of sp³-hybridized carbons (Fsp3) is 0. The van der Waals surface area contributed by atoms with Gasteiger partial charge in [-0.2, -0.15) is 5.26 Å². The normalized spacial score (nSPS) is 9.60. The van der Waals surface area contributed by atoms with Crippen LogP contribution in [0.3, 0.4) is 0 Å². The maximum absolute atomic E-state index is 13.4. The van der Waals surface area contributed by atoms with Crippen molar-refractivity contribution in [2.24, 2.45) is 0 Å². The first kappa shape index (κ1) is 9.28. The van der Waals surface area contributed by atoms with Gasteiger partial charge in [-0.15, -0.1) is 0 Å². The van der Waals surface area contributed by atoms with Crippen LogP contribution in [0.2, 0.25) is 0 Å². The minimum atomic E-state index is -0.479. The Labute approximate surface area is 85.9 Å². The average Bonchev–Trinajstić information content (AvgIpc) is 2.31. The van der Waals surface area contributed by atoms with Crippen LogP contribution in [0.4, 0.5) is 4.39 Å². The van der Waals surface area contributed by atoms with Gasteiger partial charge in [0, 0.05) is 6.20 Å². The molecule has 0 aliphatic carbocycles. The standard InChI is InChI=1S/C11H6FN3/c12-9-5-4-8(7-13)15-11(9)10-3-1-2-6-14-10/h1-6H. The van der Waals surface area contributed by atoms with Gasteiger partial charge in [-0.25, -0.2) is 9.37 Å². The number of hydrogen-bond acceptors (Lipinski definition) is 3. The first-order valence-electron chi connectivity index (χ1n) is 4.29. The van der Waals surface area contributed by atoms with Gasteiger partial charge in [0.25, 0.3) is 0 Å². The molecule has 0 unspecified atom stereocenters. The summed E-state index contributed by atoms with van der Waals surface area (Å²) in [6.45, 7) is 0. The molecule has 0 aromatic carbocycles. The molecule has 0 radical (unpaired) electrons. The van der Waals surface area contributed by atoms with Crippen molar-refractivity contribution >= 4 is 0 Å². The van der Waals surface area contributed by atoms with Crippen molar-refractivity contribution in [2.75, 3.05) is 0 Å². The molecule has 0 aliphatic rings. The molecule has 0 spiro atoms. The van der Waals surface area contributed by atoms with Crippen molar-refractivity contribution in [3.05, 3.63) is 48.0 Å². The molecule has 15 heavy (non-hydrogen) atoms. The minimum absolute atomic E-state index is 0.106. The van der Waals surface area contributed by atoms with E-state index >= 15 is 0 Å². The van der Waals surface area contributed by atoms with E-state index < -0.39 is 5.82 Å². The summed E-state index contributed by atoms with van der Waals surface area (Å²) in [5.74, 6) is -0.479. The molecular formula is C11H6FN3. The van der Waals surface area contributed by atoms with Crippen LogP contribution >= 0.6 is 0 Å². The number of hydrogen-bond donors (Lipinski definition) is 0. The van der Waals surface area contributed by atoms with E-state index in [0.29, 0.717) is 5.69 Å². The highest BCUT2D eigenvalue weighted by atomic mass is 19.1. The largest absolute Gasteiger partial charge is 0.255 e. The molecular weight excluding hydrogens is 193 g/mol. The molecule has 0 bridgehead atoms. The fourth-order valence-corrected chi connectivity index (χ4v) is 1.19. The van der Waals surface area contributed by atoms with Gasteiger partial charge in [0.1, 0.15) is 17.5 Å². The van der Waals surface area contributed by atoms with Gasteiger partial charge in [-0.05, 0) is 24.3 Å². The van der Waals surface area contributed by atoms with E-state index in [9.17, 15) is 4.39 Å². The van der Waals surface area contributed by atoms with Crippen LogP contribution < -0.4 is 0 Å². The van der Waals surface area contributed by atoms with Gasteiger partial charge in [0.15, 0.2) is 5.82 Å². The Balaban J connectivity index is 2.58. The van der Waals surface area contributed by atoms with E-state index in [0.717, 1.165) is 0 Å². The molecule has 0 saturated heterocycles. The van der Waals surface area contributed by atoms with Crippen molar-refractivity contribution in [3.63, 3.8) is 0 Å². The predicted molar refractivity (Wildman–Crippen MR) is 52.1 cm³/mol. The summed E-state index contributed by atoms with van der Waals surface area (Å²) >= 11 is 0. The maximum Gasteiger partial charge on any atom is 0.151 e. The lowest BCUT2D eigenvalue weighted by atomic mass is 10.2. The molecule has 0 saturated carbocycles. The zero-order chi connectivity index (χ0) is 10.7. The van der Waals surface area contributed by atoms with Crippen molar-refractivity contribution in [2.45, 2.75) is 0 Å². The van der Waals surface area contributed by atoms with Crippen LogP contribution in [0, 0.1) is 17.1 Å². The number of nitriles is 1. The molecule has 3 nitrogen and oxygen atoms in total. The first-order valence-corrected chi connectivity index (χ1v) is 4.29. The van der Waals surface area contributed by atoms with Crippen LogP contribution in [0.1, 0.15) is 5.69 Å². The Bertz CT molecular complexity index is 517. The summed E-state index contributed by atoms with van der Waals surface area (Å²) in [5.41, 5.74) is 0.707. The highest BCUT2D eigenvalue weighted by molar-refractivity contribution is 5.55. The quantitative estimate of drug-likeness (QED) is 0.707. The Morgan fingerprint density at radius 3 is 2.73 bits per heavy atom. The van der Waals surface area contributed by atoms with Crippen LogP contribution in [-0.2, 0) is 0 Å². The lowest BCUT2D eigenvalue weighted by Crippen LogP contribution is -1.93. The van der Waals surface area contributed by atoms with Gasteiger partial charge in [-0.3, -0.25) is 4.98 Å². The Morgan fingerprint density at radius 2 is 2.07 bits per heavy atom. The van der Waals surface area contributed by atoms with E-state index in [4.69, 9.17) is 5.26 Å². The third-order valence-electron chi connectivity index (χ3n) is 1.87. The molecule has 2 aromatic heterocycles. The van der Waals surface area contributed by atoms with Crippen LogP contribution in [0.25, 0.3) is 11.4 Å². The zero-order valence-corrected chi connectivity index (χ0v) is 7.68. The molecule has 4 heteroatoms. The van der Waals surface area contributed by atoms with E-state index in [-0.39, 0.29) is 11.4 Å². The Morgan fingerprint density at radius 1 is 1.20 bits per heavy atom. The first-order chi connectivity index (χ1) is 7.31. The summed E-state index contributed by atoms with van der Waals surface area (Å²) in [4.78, 5) is 7.84. The zero-order valence-electron chi connectivity index (χ0n) is 7.68. The smallest absolute Gasteiger partial charge is 0.151 e. The van der Waals surface area contributed by atoms with Crippen LogP contribution in [0.15, 0.2) is 36.5 Å². The van der Waals surface area contributed by atoms with Gasteiger partial charge in [0.2, 0.25) is 0 Å². The second-order valence-electron chi connectivity index (χ2n) is 2.85. The monoisotopic (exact) mass is 199 g/mol. The van der Waals surface area contributed by atoms with Crippen molar-refractivity contribution < 1.29 is 4.39 Å². The van der Waals surface area contributed by atoms with Crippen molar-refractivity contribution in [1.29, 1.82) is 5.26 Å². The number of halogens is 1. The highest BCUT2D eigenvalue weighted by Gasteiger charge is 2.08. The maximum atomic E-state index is 13.4. The fourth-order valence-electron chi connectivity index (χ4n) is 1.19. The Kier molecular flexibility index (Phi) is 2.38. The number of aromatic nitrogens is 2. The molecule has 72 valence electrons. The van der Waals surface area contributed by atoms with Gasteiger partial charge in [-0.1, -0.05) is 6.07 Å². The SMILES string of the molecule is N#Cc1ccc(F)c(-c2ccccn2)n1. The molecule has 0 atom stereocenters. The third-order valence-corrected chi connectivity index (χ3v) is 1.87. The predicted octanol–water partition coefficient (Wildman–Crippen LogP) is 2.15. The van der Waals surface area contributed by atoms with Crippen molar-refractivity contribution in [3.8, 4) is 17.5 Å². The van der Waals surface area contributed by atoms with Gasteiger partial charge >= 0.3 is 0 Å². The number of pyridine rings is 2. The summed E-state index contributed by atoms with van der Waals surface area (Å²) in [6.07, 6.45) is 1.55. The summed E-state index contributed by atoms with van der Waals surface area (Å²) < 4.78 is 13.4. The van der Waals surface area contributed by atoms with E-state index in [1.165, 1.54) is 12.1 Å². The van der Waals surface area contributed by atoms with E-state index in [1.54, 1.807) is 24.4 Å². The topological polar surface area (TPSA) is 49.6 Å². The number of rotatable bonds is 1. The third kappa shape index (κ3) is 1.81. The molecule has 0 N–H and O–H groups in total. The van der Waals surface area contributed by atoms with Crippen LogP contribution in [-0.4, -0.2) is 9.97 Å². The second kappa shape index (κ2) is 3.84. The average molecular weight is 199 g/mol. The summed E-state index contributed by atoms with van der Waals surface area (Å²) in [5, 5.41) is 8.64. The Hall–Kier alpha value is -2.28. The van der Waals surface area contributed by atoms with Gasteiger partial charge in [0.05, 0.1) is 5.69 Å². The lowest BCUT2D eigenvalue weighted by molar-refractivity contribution is 0.624. The molecule has 2 rings (SSSR count). The number of nitrogens with zero attached hydrogens (tertiary/aromatic N) is 3. The molecule has 2 aromatic rings. The summed E-state index contributed by atoms with van der Waals surface area (Å²) in [6, 6.07) is 9.53. The summed E-state index contributed by atoms with van der Waals surface area (Å²) in [7, 11) is 0. The molecule has 2 heterocycles. The van der Waals surface area contributed by atoms with Gasteiger partial charge < -0.3 is 0 Å². The molecule has 0 fully saturated rings. The molecule has 0 amide bonds. The van der Waals surface area contributed by atoms with Crippen molar-refractivity contribution in [1.82, 2.24) is 9.97 Å². The second-order valence-corrected chi connectivity index (χ2v) is 2.85. The molecule has 0 aliphatic heterocycles.